The number of nitrogens with zero attached hydrogens (tertiary/aromatic N) is 3. The van der Waals surface area contributed by atoms with Crippen LogP contribution in [0, 0.1) is 11.7 Å². The maximum absolute atomic E-state index is 13.6. The smallest absolute Gasteiger partial charge is 0.250 e. The molecule has 1 aromatic carbocycles. The van der Waals surface area contributed by atoms with Crippen molar-refractivity contribution in [2.45, 2.75) is 45.1 Å². The number of hydrogen-bond donors (Lipinski definition) is 1. The van der Waals surface area contributed by atoms with Gasteiger partial charge in [0.15, 0.2) is 0 Å². The van der Waals surface area contributed by atoms with Crippen molar-refractivity contribution in [3.05, 3.63) is 41.3 Å². The van der Waals surface area contributed by atoms with E-state index >= 15 is 0 Å². The lowest BCUT2D eigenvalue weighted by molar-refractivity contribution is -0.137. The number of piperidine rings is 1. The monoisotopic (exact) mass is 426 g/mol. The lowest BCUT2D eigenvalue weighted by atomic mass is 9.89. The van der Waals surface area contributed by atoms with E-state index in [2.05, 4.69) is 4.98 Å². The van der Waals surface area contributed by atoms with Gasteiger partial charge in [0.1, 0.15) is 5.82 Å². The van der Waals surface area contributed by atoms with Crippen LogP contribution in [0.5, 0.6) is 0 Å². The Hall–Kier alpha value is -3.03. The molecule has 1 aromatic heterocycles. The molecule has 2 aliphatic heterocycles. The minimum Gasteiger partial charge on any atom is -0.366 e. The average Bonchev–Trinajstić information content (AvgIpc) is 3.14. The number of benzene rings is 1. The fourth-order valence-electron chi connectivity index (χ4n) is 4.73. The number of likely N-dealkylation sites (tertiary alicyclic amines) is 2. The van der Waals surface area contributed by atoms with E-state index in [0.717, 1.165) is 12.8 Å². The molecule has 3 heterocycles. The largest absolute Gasteiger partial charge is 0.366 e. The highest BCUT2D eigenvalue weighted by Crippen LogP contribution is 2.32. The molecule has 4 rings (SSSR count). The minimum atomic E-state index is -0.619. The van der Waals surface area contributed by atoms with Crippen molar-refractivity contribution in [3.8, 4) is 0 Å². The summed E-state index contributed by atoms with van der Waals surface area (Å²) in [5.41, 5.74) is 7.00. The predicted octanol–water partition coefficient (Wildman–Crippen LogP) is 2.44. The second-order valence-electron chi connectivity index (χ2n) is 8.79. The first-order valence-electron chi connectivity index (χ1n) is 10.7. The van der Waals surface area contributed by atoms with Crippen LogP contribution in [0.15, 0.2) is 24.3 Å². The van der Waals surface area contributed by atoms with Crippen LogP contribution in [0.25, 0.3) is 10.9 Å². The first kappa shape index (κ1) is 21.2. The zero-order valence-corrected chi connectivity index (χ0v) is 17.8. The summed E-state index contributed by atoms with van der Waals surface area (Å²) in [5, 5.41) is 0.513. The molecule has 31 heavy (non-hydrogen) atoms. The molecule has 0 saturated carbocycles. The van der Waals surface area contributed by atoms with Gasteiger partial charge in [0.2, 0.25) is 11.8 Å². The zero-order valence-electron chi connectivity index (χ0n) is 17.8. The van der Waals surface area contributed by atoms with E-state index in [4.69, 9.17) is 5.73 Å². The zero-order chi connectivity index (χ0) is 22.3. The van der Waals surface area contributed by atoms with Crippen molar-refractivity contribution in [2.75, 3.05) is 19.6 Å². The van der Waals surface area contributed by atoms with Crippen LogP contribution in [0.4, 0.5) is 4.39 Å². The Morgan fingerprint density at radius 2 is 2.00 bits per heavy atom. The Bertz CT molecular complexity index is 1050. The van der Waals surface area contributed by atoms with Gasteiger partial charge in [-0.15, -0.1) is 0 Å². The van der Waals surface area contributed by atoms with Crippen LogP contribution < -0.4 is 5.73 Å². The molecule has 0 spiro atoms. The van der Waals surface area contributed by atoms with E-state index < -0.39 is 11.7 Å². The van der Waals surface area contributed by atoms with Gasteiger partial charge in [-0.05, 0) is 51.0 Å². The normalized spacial score (nSPS) is 21.9. The number of pyridine rings is 1. The van der Waals surface area contributed by atoms with Crippen molar-refractivity contribution in [1.82, 2.24) is 14.8 Å². The molecular formula is C23H27FN4O3. The summed E-state index contributed by atoms with van der Waals surface area (Å²) in [6.07, 6.45) is 1.78. The quantitative estimate of drug-likeness (QED) is 0.812. The number of aromatic nitrogens is 1. The van der Waals surface area contributed by atoms with Gasteiger partial charge in [-0.25, -0.2) is 4.39 Å². The van der Waals surface area contributed by atoms with Crippen molar-refractivity contribution in [3.63, 3.8) is 0 Å². The number of carbonyl (C=O) groups is 3. The van der Waals surface area contributed by atoms with Crippen LogP contribution in [0.3, 0.4) is 0 Å². The summed E-state index contributed by atoms with van der Waals surface area (Å²) in [7, 11) is 0. The summed E-state index contributed by atoms with van der Waals surface area (Å²) < 4.78 is 13.6. The molecule has 2 saturated heterocycles. The molecular weight excluding hydrogens is 399 g/mol. The van der Waals surface area contributed by atoms with Crippen molar-refractivity contribution >= 4 is 28.6 Å². The summed E-state index contributed by atoms with van der Waals surface area (Å²) in [5.74, 6) is -1.52. The highest BCUT2D eigenvalue weighted by molar-refractivity contribution is 5.98. The molecule has 7 nitrogen and oxygen atoms in total. The van der Waals surface area contributed by atoms with Gasteiger partial charge in [-0.1, -0.05) is 0 Å². The lowest BCUT2D eigenvalue weighted by Gasteiger charge is -2.34. The Labute approximate surface area is 180 Å². The third-order valence-corrected chi connectivity index (χ3v) is 6.32. The molecule has 3 amide bonds. The highest BCUT2D eigenvalue weighted by atomic mass is 19.1. The summed E-state index contributed by atoms with van der Waals surface area (Å²) in [6, 6.07) is 5.89. The maximum Gasteiger partial charge on any atom is 0.250 e. The summed E-state index contributed by atoms with van der Waals surface area (Å²) >= 11 is 0. The molecule has 0 bridgehead atoms. The first-order valence-corrected chi connectivity index (χ1v) is 10.7. The summed E-state index contributed by atoms with van der Waals surface area (Å²) in [6.45, 7) is 5.38. The SMILES string of the molecule is CC(C)N1CC(C(=O)N2CCCC(c3nc4ccc(F)cc4cc3C(N)=O)C2)CC1=O. The summed E-state index contributed by atoms with van der Waals surface area (Å²) in [4.78, 5) is 45.7. The molecule has 2 fully saturated rings. The van der Waals surface area contributed by atoms with Crippen molar-refractivity contribution in [2.24, 2.45) is 11.7 Å². The number of amides is 3. The molecule has 0 aliphatic carbocycles. The van der Waals surface area contributed by atoms with Crippen LogP contribution in [0.1, 0.15) is 55.1 Å². The molecule has 2 aromatic rings. The fraction of sp³-hybridized carbons (Fsp3) is 0.478. The van der Waals surface area contributed by atoms with Crippen molar-refractivity contribution < 1.29 is 18.8 Å². The number of rotatable bonds is 4. The standard InChI is InChI=1S/C23H27FN4O3/c1-13(2)28-12-16(10-20(28)29)23(31)27-7-3-4-14(11-27)21-18(22(25)30)9-15-8-17(24)5-6-19(15)26-21/h5-6,8-9,13-14,16H,3-4,7,10-12H2,1-2H3,(H2,25,30). The second kappa shape index (κ2) is 8.24. The number of fused-ring (bicyclic) bond motifs is 1. The molecule has 2 N–H and O–H groups in total. The van der Waals surface area contributed by atoms with Crippen LogP contribution >= 0.6 is 0 Å². The van der Waals surface area contributed by atoms with Gasteiger partial charge in [-0.2, -0.15) is 0 Å². The van der Waals surface area contributed by atoms with Crippen LogP contribution in [0.2, 0.25) is 0 Å². The van der Waals surface area contributed by atoms with E-state index in [1.165, 1.54) is 12.1 Å². The molecule has 164 valence electrons. The van der Waals surface area contributed by atoms with E-state index in [-0.39, 0.29) is 41.7 Å². The molecule has 2 unspecified atom stereocenters. The van der Waals surface area contributed by atoms with Gasteiger partial charge in [0.25, 0.3) is 5.91 Å². The molecule has 8 heteroatoms. The minimum absolute atomic E-state index is 0.0151. The van der Waals surface area contributed by atoms with E-state index in [1.807, 2.05) is 13.8 Å². The average molecular weight is 426 g/mol. The number of carbonyl (C=O) groups excluding carboxylic acids is 3. The van der Waals surface area contributed by atoms with Gasteiger partial charge in [0.05, 0.1) is 22.7 Å². The molecule has 0 radical (unpaired) electrons. The van der Waals surface area contributed by atoms with Gasteiger partial charge < -0.3 is 15.5 Å². The first-order chi connectivity index (χ1) is 14.7. The Balaban J connectivity index is 1.58. The second-order valence-corrected chi connectivity index (χ2v) is 8.79. The predicted molar refractivity (Wildman–Crippen MR) is 114 cm³/mol. The molecule has 2 atom stereocenters. The molecule has 2 aliphatic rings. The van der Waals surface area contributed by atoms with E-state index in [0.29, 0.717) is 36.2 Å². The third-order valence-electron chi connectivity index (χ3n) is 6.32. The Morgan fingerprint density at radius 1 is 1.23 bits per heavy atom. The fourth-order valence-corrected chi connectivity index (χ4v) is 4.73. The Morgan fingerprint density at radius 3 is 2.68 bits per heavy atom. The number of halogens is 1. The van der Waals surface area contributed by atoms with E-state index in [1.54, 1.807) is 21.9 Å². The maximum atomic E-state index is 13.6. The van der Waals surface area contributed by atoms with Crippen LogP contribution in [-0.2, 0) is 9.59 Å². The Kier molecular flexibility index (Phi) is 5.64. The van der Waals surface area contributed by atoms with Gasteiger partial charge >= 0.3 is 0 Å². The lowest BCUT2D eigenvalue weighted by Crippen LogP contribution is -2.43. The van der Waals surface area contributed by atoms with Gasteiger partial charge in [-0.3, -0.25) is 19.4 Å². The van der Waals surface area contributed by atoms with Crippen LogP contribution in [-0.4, -0.2) is 58.2 Å². The number of nitrogens with two attached hydrogens (primary N) is 1. The third kappa shape index (κ3) is 4.11. The number of hydrogen-bond acceptors (Lipinski definition) is 4. The number of primary amides is 1. The highest BCUT2D eigenvalue weighted by Gasteiger charge is 2.39. The topological polar surface area (TPSA) is 96.6 Å². The van der Waals surface area contributed by atoms with Gasteiger partial charge in [0, 0.05) is 43.4 Å². The van der Waals surface area contributed by atoms with Crippen molar-refractivity contribution in [1.29, 1.82) is 0 Å². The van der Waals surface area contributed by atoms with E-state index in [9.17, 15) is 18.8 Å².